The van der Waals surface area contributed by atoms with Crippen LogP contribution in [0.25, 0.3) is 11.1 Å². The van der Waals surface area contributed by atoms with Gasteiger partial charge in [0.1, 0.15) is 0 Å². The molecule has 0 saturated carbocycles. The second-order valence-electron chi connectivity index (χ2n) is 7.75. The van der Waals surface area contributed by atoms with E-state index in [-0.39, 0.29) is 11.8 Å². The molecule has 4 N–H and O–H groups in total. The number of rotatable bonds is 10. The lowest BCUT2D eigenvalue weighted by Gasteiger charge is -2.17. The monoisotopic (exact) mass is 396 g/mol. The Kier molecular flexibility index (Phi) is 7.69. The van der Waals surface area contributed by atoms with Crippen molar-refractivity contribution in [3.05, 3.63) is 54.6 Å². The maximum Gasteiger partial charge on any atom is 0.451 e. The van der Waals surface area contributed by atoms with Crippen LogP contribution >= 0.6 is 0 Å². The Morgan fingerprint density at radius 2 is 1.72 bits per heavy atom. The highest BCUT2D eigenvalue weighted by Gasteiger charge is 2.36. The van der Waals surface area contributed by atoms with Gasteiger partial charge in [0.05, 0.1) is 5.92 Å². The molecule has 1 fully saturated rings. The third kappa shape index (κ3) is 6.32. The molecule has 2 aromatic rings. The zero-order valence-corrected chi connectivity index (χ0v) is 16.6. The zero-order chi connectivity index (χ0) is 20.6. The second-order valence-corrected chi connectivity index (χ2v) is 7.75. The van der Waals surface area contributed by atoms with Gasteiger partial charge < -0.3 is 25.4 Å². The van der Waals surface area contributed by atoms with Crippen molar-refractivity contribution in [3.8, 4) is 11.1 Å². The lowest BCUT2D eigenvalue weighted by atomic mass is 9.80. The van der Waals surface area contributed by atoms with E-state index < -0.39 is 13.1 Å². The predicted molar refractivity (Wildman–Crippen MR) is 116 cm³/mol. The Bertz CT molecular complexity index is 770. The Hall–Kier alpha value is -2.35. The molecular weight excluding hydrogens is 367 g/mol. The predicted octanol–water partition coefficient (Wildman–Crippen LogP) is 2.65. The van der Waals surface area contributed by atoms with Crippen molar-refractivity contribution >= 4 is 18.8 Å². The first kappa shape index (κ1) is 21.4. The van der Waals surface area contributed by atoms with Gasteiger partial charge in [0, 0.05) is 31.9 Å². The summed E-state index contributed by atoms with van der Waals surface area (Å²) in [4.78, 5) is 13.7. The first-order valence-corrected chi connectivity index (χ1v) is 10.2. The number of anilines is 1. The molecule has 0 spiro atoms. The summed E-state index contributed by atoms with van der Waals surface area (Å²) in [6.07, 6.45) is 1.63. The van der Waals surface area contributed by atoms with Crippen LogP contribution in [0.15, 0.2) is 54.6 Å². The van der Waals surface area contributed by atoms with E-state index in [4.69, 9.17) is 10.0 Å². The lowest BCUT2D eigenvalue weighted by Crippen LogP contribution is -2.28. The van der Waals surface area contributed by atoms with Crippen LogP contribution in [0.1, 0.15) is 12.8 Å². The molecule has 154 valence electrons. The normalized spacial score (nSPS) is 19.2. The highest BCUT2D eigenvalue weighted by atomic mass is 16.4. The Labute approximate surface area is 172 Å². The number of carboxylic acids is 1. The van der Waals surface area contributed by atoms with Gasteiger partial charge in [-0.25, -0.2) is 0 Å². The first-order chi connectivity index (χ1) is 14.0. The van der Waals surface area contributed by atoms with Crippen molar-refractivity contribution in [2.75, 3.05) is 31.5 Å². The molecule has 0 radical (unpaired) electrons. The summed E-state index contributed by atoms with van der Waals surface area (Å²) in [7, 11) is -1.31. The van der Waals surface area contributed by atoms with Gasteiger partial charge in [-0.15, -0.1) is 0 Å². The Morgan fingerprint density at radius 3 is 2.38 bits per heavy atom. The number of carboxylic acid groups (broad SMARTS) is 1. The van der Waals surface area contributed by atoms with Crippen molar-refractivity contribution in [2.24, 2.45) is 11.8 Å². The summed E-state index contributed by atoms with van der Waals surface area (Å²) < 4.78 is 0. The van der Waals surface area contributed by atoms with Crippen LogP contribution in [-0.4, -0.2) is 59.3 Å². The molecule has 1 aliphatic heterocycles. The van der Waals surface area contributed by atoms with Crippen LogP contribution in [0.4, 0.5) is 5.69 Å². The van der Waals surface area contributed by atoms with Crippen LogP contribution < -0.4 is 5.32 Å². The van der Waals surface area contributed by atoms with E-state index in [9.17, 15) is 9.90 Å². The van der Waals surface area contributed by atoms with E-state index in [1.165, 1.54) is 11.1 Å². The number of hydrogen-bond acceptors (Lipinski definition) is 5. The van der Waals surface area contributed by atoms with E-state index in [0.717, 1.165) is 25.3 Å². The SMILES string of the molecule is O=C(O)C1CN(CCNc2ccc(-c3ccccc3)cc2)CC1CCCB(O)O. The minimum Gasteiger partial charge on any atom is -0.481 e. The summed E-state index contributed by atoms with van der Waals surface area (Å²) in [5, 5.41) is 30.9. The molecule has 7 heteroatoms. The van der Waals surface area contributed by atoms with Crippen molar-refractivity contribution in [1.29, 1.82) is 0 Å². The van der Waals surface area contributed by atoms with Crippen molar-refractivity contribution in [3.63, 3.8) is 0 Å². The van der Waals surface area contributed by atoms with E-state index >= 15 is 0 Å². The fourth-order valence-electron chi connectivity index (χ4n) is 4.05. The van der Waals surface area contributed by atoms with Gasteiger partial charge in [0.25, 0.3) is 0 Å². The van der Waals surface area contributed by atoms with Crippen molar-refractivity contribution in [2.45, 2.75) is 19.2 Å². The minimum absolute atomic E-state index is 0.0661. The molecule has 6 nitrogen and oxygen atoms in total. The number of likely N-dealkylation sites (tertiary alicyclic amines) is 1. The van der Waals surface area contributed by atoms with Crippen molar-refractivity contribution < 1.29 is 19.9 Å². The third-order valence-corrected chi connectivity index (χ3v) is 5.62. The summed E-state index contributed by atoms with van der Waals surface area (Å²) in [6.45, 7) is 2.83. The molecular formula is C22H29BN2O4. The standard InChI is InChI=1S/C22H29BN2O4/c26-22(27)21-16-25(15-19(21)7-4-12-23(28)29)14-13-24-20-10-8-18(9-11-20)17-5-2-1-3-6-17/h1-3,5-6,8-11,19,21,24,28-29H,4,7,12-16H2,(H,26,27). The highest BCUT2D eigenvalue weighted by Crippen LogP contribution is 2.28. The maximum atomic E-state index is 11.6. The Morgan fingerprint density at radius 1 is 1.03 bits per heavy atom. The number of nitrogens with one attached hydrogen (secondary N) is 1. The van der Waals surface area contributed by atoms with Crippen LogP contribution in [0, 0.1) is 11.8 Å². The van der Waals surface area contributed by atoms with E-state index in [1.54, 1.807) is 0 Å². The molecule has 2 unspecified atom stereocenters. The third-order valence-electron chi connectivity index (χ3n) is 5.62. The van der Waals surface area contributed by atoms with Gasteiger partial charge in [-0.3, -0.25) is 4.79 Å². The summed E-state index contributed by atoms with van der Waals surface area (Å²) in [5.74, 6) is -1.07. The summed E-state index contributed by atoms with van der Waals surface area (Å²) >= 11 is 0. The average Bonchev–Trinajstić information content (AvgIpc) is 3.12. The van der Waals surface area contributed by atoms with Gasteiger partial charge in [0.2, 0.25) is 0 Å². The van der Waals surface area contributed by atoms with Gasteiger partial charge >= 0.3 is 13.1 Å². The van der Waals surface area contributed by atoms with Gasteiger partial charge in [-0.05, 0) is 41.9 Å². The minimum atomic E-state index is -1.31. The van der Waals surface area contributed by atoms with Crippen LogP contribution in [0.2, 0.25) is 6.32 Å². The molecule has 0 bridgehead atoms. The van der Waals surface area contributed by atoms with Gasteiger partial charge in [0.15, 0.2) is 0 Å². The Balaban J connectivity index is 1.45. The molecule has 1 aliphatic rings. The highest BCUT2D eigenvalue weighted by molar-refractivity contribution is 6.40. The molecule has 1 heterocycles. The molecule has 0 aliphatic carbocycles. The summed E-state index contributed by atoms with van der Waals surface area (Å²) in [6, 6.07) is 18.6. The zero-order valence-electron chi connectivity index (χ0n) is 16.6. The maximum absolute atomic E-state index is 11.6. The lowest BCUT2D eigenvalue weighted by molar-refractivity contribution is -0.142. The number of nitrogens with zero attached hydrogens (tertiary/aromatic N) is 1. The number of benzene rings is 2. The van der Waals surface area contributed by atoms with Gasteiger partial charge in [-0.1, -0.05) is 48.9 Å². The van der Waals surface area contributed by atoms with Crippen molar-refractivity contribution in [1.82, 2.24) is 4.90 Å². The first-order valence-electron chi connectivity index (χ1n) is 10.2. The molecule has 1 saturated heterocycles. The van der Waals surface area contributed by atoms with Gasteiger partial charge in [-0.2, -0.15) is 0 Å². The van der Waals surface area contributed by atoms with E-state index in [2.05, 4.69) is 46.6 Å². The number of aliphatic carboxylic acids is 1. The molecule has 29 heavy (non-hydrogen) atoms. The molecule has 2 atom stereocenters. The second kappa shape index (κ2) is 10.4. The quantitative estimate of drug-likeness (QED) is 0.462. The average molecular weight is 396 g/mol. The van der Waals surface area contributed by atoms with Crippen LogP contribution in [-0.2, 0) is 4.79 Å². The molecule has 0 amide bonds. The fraction of sp³-hybridized carbons (Fsp3) is 0.409. The number of carbonyl (C=O) groups is 1. The largest absolute Gasteiger partial charge is 0.481 e. The van der Waals surface area contributed by atoms with Crippen LogP contribution in [0.5, 0.6) is 0 Å². The van der Waals surface area contributed by atoms with E-state index in [0.29, 0.717) is 25.7 Å². The molecule has 3 rings (SSSR count). The fourth-order valence-corrected chi connectivity index (χ4v) is 4.05. The number of hydrogen-bond donors (Lipinski definition) is 4. The van der Waals surface area contributed by atoms with Crippen LogP contribution in [0.3, 0.4) is 0 Å². The molecule has 2 aromatic carbocycles. The van der Waals surface area contributed by atoms with E-state index in [1.807, 2.05) is 18.2 Å². The molecule has 0 aromatic heterocycles. The smallest absolute Gasteiger partial charge is 0.451 e. The topological polar surface area (TPSA) is 93.0 Å². The summed E-state index contributed by atoms with van der Waals surface area (Å²) in [5.41, 5.74) is 3.42.